The largest absolute Gasteiger partial charge is 0.481 e. The van der Waals surface area contributed by atoms with Crippen LogP contribution in [0, 0.1) is 41.7 Å². The standard InChI is InChI=1S/C6H8O4.Ce/c1-2-6(9)10-4-3-5(7)8;/h2H,1,3-4H2,(H,7,8);. The molecule has 0 amide bonds. The summed E-state index contributed by atoms with van der Waals surface area (Å²) in [7, 11) is 0. The van der Waals surface area contributed by atoms with E-state index in [9.17, 15) is 9.59 Å². The third-order valence-corrected chi connectivity index (χ3v) is 0.727. The van der Waals surface area contributed by atoms with Gasteiger partial charge < -0.3 is 9.84 Å². The van der Waals surface area contributed by atoms with Crippen molar-refractivity contribution in [1.82, 2.24) is 0 Å². The average molecular weight is 284 g/mol. The fraction of sp³-hybridized carbons (Fsp3) is 0.333. The van der Waals surface area contributed by atoms with Crippen molar-refractivity contribution < 1.29 is 61.2 Å². The SMILES string of the molecule is C=CC(=O)OCCC(=O)O.[Ce]. The van der Waals surface area contributed by atoms with E-state index >= 15 is 0 Å². The first-order valence-corrected chi connectivity index (χ1v) is 2.68. The number of carbonyl (C=O) groups excluding carboxylic acids is 1. The number of hydrogen-bond donors (Lipinski definition) is 1. The van der Waals surface area contributed by atoms with E-state index in [0.717, 1.165) is 6.08 Å². The molecule has 0 saturated heterocycles. The van der Waals surface area contributed by atoms with Gasteiger partial charge in [-0.3, -0.25) is 4.79 Å². The van der Waals surface area contributed by atoms with Crippen molar-refractivity contribution in [3.8, 4) is 0 Å². The van der Waals surface area contributed by atoms with Crippen molar-refractivity contribution in [2.75, 3.05) is 6.61 Å². The maximum Gasteiger partial charge on any atom is 0.330 e. The number of ether oxygens (including phenoxy) is 1. The molecule has 0 bridgehead atoms. The number of hydrogen-bond acceptors (Lipinski definition) is 3. The molecule has 1 N–H and O–H groups in total. The van der Waals surface area contributed by atoms with E-state index in [1.807, 2.05) is 0 Å². The number of esters is 1. The molecule has 11 heavy (non-hydrogen) atoms. The molecule has 0 aliphatic heterocycles. The Kier molecular flexibility index (Phi) is 10.1. The fourth-order valence-electron chi connectivity index (χ4n) is 0.298. The summed E-state index contributed by atoms with van der Waals surface area (Å²) in [6.07, 6.45) is 0.821. The molecule has 0 saturated carbocycles. The van der Waals surface area contributed by atoms with Crippen LogP contribution in [0.4, 0.5) is 0 Å². The molecule has 0 rings (SSSR count). The molecule has 0 aromatic rings. The number of carboxylic acid groups (broad SMARTS) is 1. The van der Waals surface area contributed by atoms with Crippen molar-refractivity contribution in [3.63, 3.8) is 0 Å². The first kappa shape index (κ1) is 13.6. The van der Waals surface area contributed by atoms with Crippen molar-refractivity contribution >= 4 is 11.9 Å². The van der Waals surface area contributed by atoms with Crippen LogP contribution < -0.4 is 0 Å². The molecule has 0 fully saturated rings. The Balaban J connectivity index is 0. The zero-order chi connectivity index (χ0) is 7.98. The molecule has 0 unspecified atom stereocenters. The van der Waals surface area contributed by atoms with E-state index in [2.05, 4.69) is 11.3 Å². The average Bonchev–Trinajstić information content (AvgIpc) is 1.87. The Labute approximate surface area is 98.0 Å². The van der Waals surface area contributed by atoms with Gasteiger partial charge in [0.05, 0.1) is 6.42 Å². The molecule has 5 heteroatoms. The number of aliphatic carboxylic acids is 1. The van der Waals surface area contributed by atoms with Gasteiger partial charge in [-0.15, -0.1) is 0 Å². The Morgan fingerprint density at radius 1 is 1.55 bits per heavy atom. The van der Waals surface area contributed by atoms with Gasteiger partial charge in [0.1, 0.15) is 6.61 Å². The summed E-state index contributed by atoms with van der Waals surface area (Å²) in [6.45, 7) is 3.04. The minimum Gasteiger partial charge on any atom is -0.481 e. The molecule has 0 heterocycles. The number of carbonyl (C=O) groups is 2. The fourth-order valence-corrected chi connectivity index (χ4v) is 0.298. The van der Waals surface area contributed by atoms with Crippen LogP contribution in [-0.4, -0.2) is 23.7 Å². The number of rotatable bonds is 4. The van der Waals surface area contributed by atoms with Crippen LogP contribution in [0.5, 0.6) is 0 Å². The molecule has 0 radical (unpaired) electrons. The second-order valence-electron chi connectivity index (χ2n) is 1.52. The van der Waals surface area contributed by atoms with Gasteiger partial charge in [0.25, 0.3) is 0 Å². The molecule has 0 aromatic heterocycles. The molecule has 60 valence electrons. The van der Waals surface area contributed by atoms with Crippen LogP contribution in [-0.2, 0) is 14.3 Å². The zero-order valence-electron chi connectivity index (χ0n) is 5.87. The van der Waals surface area contributed by atoms with Crippen LogP contribution >= 0.6 is 0 Å². The molecule has 0 atom stereocenters. The third-order valence-electron chi connectivity index (χ3n) is 0.727. The van der Waals surface area contributed by atoms with Crippen molar-refractivity contribution in [3.05, 3.63) is 12.7 Å². The van der Waals surface area contributed by atoms with E-state index in [4.69, 9.17) is 5.11 Å². The van der Waals surface area contributed by atoms with Gasteiger partial charge in [-0.05, 0) is 0 Å². The Bertz CT molecular complexity index is 155. The topological polar surface area (TPSA) is 63.6 Å². The minimum atomic E-state index is -0.989. The van der Waals surface area contributed by atoms with Crippen LogP contribution in [0.15, 0.2) is 12.7 Å². The monoisotopic (exact) mass is 284 g/mol. The summed E-state index contributed by atoms with van der Waals surface area (Å²) < 4.78 is 4.36. The second kappa shape index (κ2) is 8.16. The third kappa shape index (κ3) is 10.1. The summed E-state index contributed by atoms with van der Waals surface area (Å²) >= 11 is 0. The molecular weight excluding hydrogens is 276 g/mol. The van der Waals surface area contributed by atoms with Crippen molar-refractivity contribution in [2.45, 2.75) is 6.42 Å². The smallest absolute Gasteiger partial charge is 0.330 e. The Morgan fingerprint density at radius 2 is 2.09 bits per heavy atom. The first-order chi connectivity index (χ1) is 4.66. The first-order valence-electron chi connectivity index (χ1n) is 2.68. The van der Waals surface area contributed by atoms with Crippen LogP contribution in [0.2, 0.25) is 0 Å². The maximum absolute atomic E-state index is 10.3. The van der Waals surface area contributed by atoms with Crippen LogP contribution in [0.3, 0.4) is 0 Å². The van der Waals surface area contributed by atoms with E-state index in [0.29, 0.717) is 0 Å². The summed E-state index contributed by atoms with van der Waals surface area (Å²) in [6, 6.07) is 0. The molecule has 0 aromatic carbocycles. The summed E-state index contributed by atoms with van der Waals surface area (Å²) in [5, 5.41) is 8.08. The predicted molar refractivity (Wildman–Crippen MR) is 33.4 cm³/mol. The van der Waals surface area contributed by atoms with Crippen molar-refractivity contribution in [1.29, 1.82) is 0 Å². The van der Waals surface area contributed by atoms with E-state index in [1.54, 1.807) is 0 Å². The zero-order valence-corrected chi connectivity index (χ0v) is 9.01. The number of carboxylic acids is 1. The molecule has 0 spiro atoms. The van der Waals surface area contributed by atoms with Crippen LogP contribution in [0.1, 0.15) is 6.42 Å². The van der Waals surface area contributed by atoms with Gasteiger partial charge in [-0.2, -0.15) is 0 Å². The van der Waals surface area contributed by atoms with Gasteiger partial charge in [-0.25, -0.2) is 4.79 Å². The van der Waals surface area contributed by atoms with E-state index in [1.165, 1.54) is 0 Å². The summed E-state index contributed by atoms with van der Waals surface area (Å²) in [5.74, 6) is -1.59. The van der Waals surface area contributed by atoms with E-state index in [-0.39, 0.29) is 54.8 Å². The molecule has 4 nitrogen and oxygen atoms in total. The Hall–Kier alpha value is 0.0566. The summed E-state index contributed by atoms with van der Waals surface area (Å²) in [4.78, 5) is 20.1. The van der Waals surface area contributed by atoms with E-state index < -0.39 is 11.9 Å². The van der Waals surface area contributed by atoms with Gasteiger partial charge in [0.15, 0.2) is 0 Å². The van der Waals surface area contributed by atoms with Gasteiger partial charge >= 0.3 is 11.9 Å². The molecule has 0 aliphatic rings. The van der Waals surface area contributed by atoms with Crippen LogP contribution in [0.25, 0.3) is 0 Å². The summed E-state index contributed by atoms with van der Waals surface area (Å²) in [5.41, 5.74) is 0. The predicted octanol–water partition coefficient (Wildman–Crippen LogP) is 0.190. The Morgan fingerprint density at radius 3 is 2.45 bits per heavy atom. The van der Waals surface area contributed by atoms with Gasteiger partial charge in [0.2, 0.25) is 0 Å². The van der Waals surface area contributed by atoms with Crippen molar-refractivity contribution in [2.24, 2.45) is 0 Å². The quantitative estimate of drug-likeness (QED) is 0.591. The minimum absolute atomic E-state index is 0. The maximum atomic E-state index is 10.3. The normalized spacial score (nSPS) is 7.64. The molecular formula is C6H8CeO4. The second-order valence-corrected chi connectivity index (χ2v) is 1.52. The van der Waals surface area contributed by atoms with Gasteiger partial charge in [-0.1, -0.05) is 6.58 Å². The molecule has 0 aliphatic carbocycles. The van der Waals surface area contributed by atoms with Gasteiger partial charge in [0, 0.05) is 47.8 Å².